The number of piperidine rings is 1. The molecule has 34 heavy (non-hydrogen) atoms. The number of ether oxygens (including phenoxy) is 1. The molecule has 3 N–H and O–H groups in total. The first-order valence-electron chi connectivity index (χ1n) is 10.5. The number of nitrogens with zero attached hydrogens (tertiary/aromatic N) is 2. The SMILES string of the molecule is Cc1c(Cl)ccc(OC2CCN(C[C@@H](O)Cn3c(C(F)(F)F)c(C(N)=O)ccc3=O)CC2)c1Cl. The van der Waals surface area contributed by atoms with Gasteiger partial charge in [0.15, 0.2) is 0 Å². The predicted octanol–water partition coefficient (Wildman–Crippen LogP) is 3.49. The van der Waals surface area contributed by atoms with Crippen molar-refractivity contribution in [1.29, 1.82) is 0 Å². The number of aliphatic hydroxyl groups excluding tert-OH is 1. The van der Waals surface area contributed by atoms with Gasteiger partial charge in [-0.3, -0.25) is 9.59 Å². The van der Waals surface area contributed by atoms with Crippen LogP contribution in [0.25, 0.3) is 0 Å². The Morgan fingerprint density at radius 1 is 1.21 bits per heavy atom. The molecule has 1 saturated heterocycles. The molecule has 1 aromatic heterocycles. The van der Waals surface area contributed by atoms with Gasteiger partial charge in [0.05, 0.1) is 23.2 Å². The van der Waals surface area contributed by atoms with E-state index in [0.717, 1.165) is 17.7 Å². The maximum Gasteiger partial charge on any atom is 0.432 e. The fourth-order valence-corrected chi connectivity index (χ4v) is 4.36. The molecular formula is C22H24Cl2F3N3O4. The standard InChI is InChI=1S/C22H24Cl2F3N3O4/c1-12-16(23)3-4-17(19(12)24)34-14-6-8-29(9-7-14)10-13(31)11-30-18(32)5-2-15(21(28)33)20(30)22(25,26)27/h2-5,13-14,31H,6-11H2,1H3,(H2,28,33)/t13-/m1/s1. The first-order chi connectivity index (χ1) is 15.9. The van der Waals surface area contributed by atoms with Crippen molar-refractivity contribution in [3.05, 3.63) is 61.5 Å². The number of nitrogens with two attached hydrogens (primary N) is 1. The number of hydrogen-bond donors (Lipinski definition) is 2. The van der Waals surface area contributed by atoms with E-state index in [4.69, 9.17) is 33.7 Å². The number of rotatable bonds is 7. The minimum absolute atomic E-state index is 0.0397. The van der Waals surface area contributed by atoms with Gasteiger partial charge in [0.2, 0.25) is 0 Å². The van der Waals surface area contributed by atoms with E-state index in [1.54, 1.807) is 19.1 Å². The number of aliphatic hydroxyl groups is 1. The minimum Gasteiger partial charge on any atom is -0.489 e. The molecule has 3 rings (SSSR count). The number of carbonyl (C=O) groups is 1. The van der Waals surface area contributed by atoms with Crippen LogP contribution >= 0.6 is 23.2 Å². The lowest BCUT2D eigenvalue weighted by Gasteiger charge is -2.33. The number of halogens is 5. The molecule has 2 heterocycles. The van der Waals surface area contributed by atoms with E-state index >= 15 is 0 Å². The quantitative estimate of drug-likeness (QED) is 0.581. The van der Waals surface area contributed by atoms with Crippen LogP contribution in [-0.2, 0) is 12.7 Å². The third-order valence-electron chi connectivity index (χ3n) is 5.69. The summed E-state index contributed by atoms with van der Waals surface area (Å²) in [4.78, 5) is 25.5. The summed E-state index contributed by atoms with van der Waals surface area (Å²) in [5.74, 6) is -0.788. The van der Waals surface area contributed by atoms with Crippen molar-refractivity contribution in [3.63, 3.8) is 0 Å². The topological polar surface area (TPSA) is 97.8 Å². The molecule has 1 aliphatic heterocycles. The first kappa shape index (κ1) is 26.3. The van der Waals surface area contributed by atoms with Gasteiger partial charge in [-0.25, -0.2) is 0 Å². The summed E-state index contributed by atoms with van der Waals surface area (Å²) in [6.45, 7) is 2.24. The van der Waals surface area contributed by atoms with Crippen LogP contribution in [0.15, 0.2) is 29.1 Å². The summed E-state index contributed by atoms with van der Waals surface area (Å²) >= 11 is 12.3. The fraction of sp³-hybridized carbons (Fsp3) is 0.455. The molecule has 7 nitrogen and oxygen atoms in total. The van der Waals surface area contributed by atoms with Crippen LogP contribution in [0, 0.1) is 6.92 Å². The largest absolute Gasteiger partial charge is 0.489 e. The van der Waals surface area contributed by atoms with E-state index in [0.29, 0.717) is 46.3 Å². The van der Waals surface area contributed by atoms with E-state index in [9.17, 15) is 27.9 Å². The molecule has 1 atom stereocenters. The van der Waals surface area contributed by atoms with Crippen LogP contribution in [-0.4, -0.2) is 52.3 Å². The van der Waals surface area contributed by atoms with Crippen molar-refractivity contribution in [2.45, 2.75) is 44.7 Å². The lowest BCUT2D eigenvalue weighted by Crippen LogP contribution is -2.44. The molecular weight excluding hydrogens is 498 g/mol. The average molecular weight is 522 g/mol. The molecule has 0 saturated carbocycles. The highest BCUT2D eigenvalue weighted by Crippen LogP contribution is 2.34. The number of pyridine rings is 1. The Bertz CT molecular complexity index is 1120. The van der Waals surface area contributed by atoms with Gasteiger partial charge in [0.1, 0.15) is 17.5 Å². The van der Waals surface area contributed by atoms with Gasteiger partial charge in [-0.2, -0.15) is 13.2 Å². The molecule has 0 radical (unpaired) electrons. The molecule has 2 aromatic rings. The number of primary amides is 1. The van der Waals surface area contributed by atoms with Gasteiger partial charge < -0.3 is 25.0 Å². The zero-order valence-corrected chi connectivity index (χ0v) is 19.8. The van der Waals surface area contributed by atoms with Crippen LogP contribution in [0.2, 0.25) is 10.0 Å². The van der Waals surface area contributed by atoms with E-state index < -0.39 is 41.5 Å². The van der Waals surface area contributed by atoms with Crippen molar-refractivity contribution in [1.82, 2.24) is 9.47 Å². The molecule has 186 valence electrons. The molecule has 1 fully saturated rings. The Hall–Kier alpha value is -2.27. The van der Waals surface area contributed by atoms with Crippen molar-refractivity contribution in [3.8, 4) is 5.75 Å². The number of amides is 1. The molecule has 12 heteroatoms. The summed E-state index contributed by atoms with van der Waals surface area (Å²) in [6, 6.07) is 4.97. The van der Waals surface area contributed by atoms with Crippen molar-refractivity contribution >= 4 is 29.1 Å². The van der Waals surface area contributed by atoms with Crippen LogP contribution in [0.5, 0.6) is 5.75 Å². The number of β-amino-alcohol motifs (C(OH)–C–C–N with tert-alkyl or cyclic N) is 1. The number of alkyl halides is 3. The second-order valence-corrected chi connectivity index (χ2v) is 8.95. The third-order valence-corrected chi connectivity index (χ3v) is 6.57. The molecule has 0 unspecified atom stereocenters. The molecule has 0 aliphatic carbocycles. The van der Waals surface area contributed by atoms with E-state index in [1.165, 1.54) is 0 Å². The zero-order valence-electron chi connectivity index (χ0n) is 18.2. The second-order valence-electron chi connectivity index (χ2n) is 8.16. The van der Waals surface area contributed by atoms with Gasteiger partial charge >= 0.3 is 6.18 Å². The monoisotopic (exact) mass is 521 g/mol. The van der Waals surface area contributed by atoms with Gasteiger partial charge in [-0.1, -0.05) is 23.2 Å². The number of likely N-dealkylation sites (tertiary alicyclic amines) is 1. The average Bonchev–Trinajstić information content (AvgIpc) is 2.75. The highest BCUT2D eigenvalue weighted by atomic mass is 35.5. The fourth-order valence-electron chi connectivity index (χ4n) is 3.95. The van der Waals surface area contributed by atoms with Crippen LogP contribution in [0.4, 0.5) is 13.2 Å². The van der Waals surface area contributed by atoms with Gasteiger partial charge in [-0.05, 0) is 43.5 Å². The maximum absolute atomic E-state index is 13.6. The van der Waals surface area contributed by atoms with Gasteiger partial charge in [0, 0.05) is 30.7 Å². The highest BCUT2D eigenvalue weighted by molar-refractivity contribution is 6.36. The Kier molecular flexibility index (Phi) is 8.18. The normalized spacial score (nSPS) is 16.4. The number of carbonyl (C=O) groups excluding carboxylic acids is 1. The second kappa shape index (κ2) is 10.6. The summed E-state index contributed by atoms with van der Waals surface area (Å²) in [5, 5.41) is 11.4. The third kappa shape index (κ3) is 6.04. The molecule has 1 aromatic carbocycles. The summed E-state index contributed by atoms with van der Waals surface area (Å²) in [6.07, 6.45) is -5.20. The predicted molar refractivity (Wildman–Crippen MR) is 122 cm³/mol. The smallest absolute Gasteiger partial charge is 0.432 e. The highest BCUT2D eigenvalue weighted by Gasteiger charge is 2.39. The number of benzene rings is 1. The number of aromatic nitrogens is 1. The molecule has 1 aliphatic rings. The maximum atomic E-state index is 13.6. The summed E-state index contributed by atoms with van der Waals surface area (Å²) in [5.41, 5.74) is 2.49. The molecule has 1 amide bonds. The molecule has 0 bridgehead atoms. The first-order valence-corrected chi connectivity index (χ1v) is 11.3. The zero-order chi connectivity index (χ0) is 25.2. The minimum atomic E-state index is -5.00. The van der Waals surface area contributed by atoms with Crippen LogP contribution < -0.4 is 16.0 Å². The van der Waals surface area contributed by atoms with E-state index in [-0.39, 0.29) is 12.6 Å². The van der Waals surface area contributed by atoms with Crippen molar-refractivity contribution < 1.29 is 27.8 Å². The Labute approximate surface area is 203 Å². The van der Waals surface area contributed by atoms with E-state index in [1.807, 2.05) is 4.90 Å². The van der Waals surface area contributed by atoms with Gasteiger partial charge in [0.25, 0.3) is 11.5 Å². The van der Waals surface area contributed by atoms with Crippen LogP contribution in [0.3, 0.4) is 0 Å². The Morgan fingerprint density at radius 2 is 1.85 bits per heavy atom. The lowest BCUT2D eigenvalue weighted by atomic mass is 10.1. The van der Waals surface area contributed by atoms with Crippen molar-refractivity contribution in [2.24, 2.45) is 5.73 Å². The summed E-state index contributed by atoms with van der Waals surface area (Å²) in [7, 11) is 0. The Morgan fingerprint density at radius 3 is 2.44 bits per heavy atom. The number of hydrogen-bond acceptors (Lipinski definition) is 5. The van der Waals surface area contributed by atoms with Crippen LogP contribution in [0.1, 0.15) is 34.5 Å². The van der Waals surface area contributed by atoms with Crippen molar-refractivity contribution in [2.75, 3.05) is 19.6 Å². The Balaban J connectivity index is 1.63. The van der Waals surface area contributed by atoms with E-state index in [2.05, 4.69) is 0 Å². The van der Waals surface area contributed by atoms with Gasteiger partial charge in [-0.15, -0.1) is 0 Å². The molecule has 0 spiro atoms. The lowest BCUT2D eigenvalue weighted by molar-refractivity contribution is -0.145. The summed E-state index contributed by atoms with van der Waals surface area (Å²) < 4.78 is 47.0.